The minimum absolute atomic E-state index is 0.205. The van der Waals surface area contributed by atoms with Crippen molar-refractivity contribution in [2.75, 3.05) is 19.2 Å². The number of rotatable bonds is 5. The van der Waals surface area contributed by atoms with Gasteiger partial charge in [-0.3, -0.25) is 0 Å². The van der Waals surface area contributed by atoms with E-state index < -0.39 is 0 Å². The van der Waals surface area contributed by atoms with E-state index in [0.717, 1.165) is 22.6 Å². The summed E-state index contributed by atoms with van der Waals surface area (Å²) >= 11 is 0. The first-order valence-electron chi connectivity index (χ1n) is 7.94. The zero-order valence-corrected chi connectivity index (χ0v) is 14.0. The topological polar surface area (TPSA) is 89.5 Å². The van der Waals surface area contributed by atoms with Gasteiger partial charge in [0.2, 0.25) is 24.3 Å². The number of aromatic nitrogens is 1. The Morgan fingerprint density at radius 1 is 1.15 bits per heavy atom. The number of nitriles is 1. The average Bonchev–Trinajstić information content (AvgIpc) is 3.32. The molecule has 26 heavy (non-hydrogen) atoms. The van der Waals surface area contributed by atoms with Gasteiger partial charge < -0.3 is 23.9 Å². The van der Waals surface area contributed by atoms with Crippen molar-refractivity contribution in [1.29, 1.82) is 5.26 Å². The van der Waals surface area contributed by atoms with Crippen molar-refractivity contribution in [2.24, 2.45) is 0 Å². The maximum absolute atomic E-state index is 9.32. The van der Waals surface area contributed by atoms with Gasteiger partial charge in [-0.25, -0.2) is 0 Å². The molecule has 1 aliphatic rings. The zero-order chi connectivity index (χ0) is 17.9. The summed E-state index contributed by atoms with van der Waals surface area (Å²) in [6, 6.07) is 15.0. The van der Waals surface area contributed by atoms with E-state index in [1.54, 1.807) is 7.11 Å². The predicted molar refractivity (Wildman–Crippen MR) is 93.1 cm³/mol. The van der Waals surface area contributed by atoms with Crippen molar-refractivity contribution in [1.82, 2.24) is 4.98 Å². The molecule has 130 valence electrons. The molecule has 0 unspecified atom stereocenters. The molecule has 0 bridgehead atoms. The van der Waals surface area contributed by atoms with E-state index in [1.807, 2.05) is 48.5 Å². The second-order valence-corrected chi connectivity index (χ2v) is 5.58. The molecule has 0 aliphatic carbocycles. The molecule has 0 saturated carbocycles. The lowest BCUT2D eigenvalue weighted by Gasteiger charge is -2.04. The summed E-state index contributed by atoms with van der Waals surface area (Å²) in [5.74, 6) is 2.88. The molecule has 0 saturated heterocycles. The Bertz CT molecular complexity index is 973. The Morgan fingerprint density at radius 3 is 2.73 bits per heavy atom. The number of hydrogen-bond donors (Lipinski definition) is 1. The Hall–Kier alpha value is -3.66. The van der Waals surface area contributed by atoms with Gasteiger partial charge in [0, 0.05) is 12.1 Å². The van der Waals surface area contributed by atoms with E-state index >= 15 is 0 Å². The van der Waals surface area contributed by atoms with E-state index in [1.165, 1.54) is 0 Å². The van der Waals surface area contributed by atoms with Gasteiger partial charge in [0.25, 0.3) is 0 Å². The molecule has 1 N–H and O–H groups in total. The van der Waals surface area contributed by atoms with Gasteiger partial charge >= 0.3 is 0 Å². The highest BCUT2D eigenvalue weighted by atomic mass is 16.7. The molecule has 2 aromatic carbocycles. The Morgan fingerprint density at radius 2 is 1.96 bits per heavy atom. The van der Waals surface area contributed by atoms with Crippen LogP contribution in [0.3, 0.4) is 0 Å². The summed E-state index contributed by atoms with van der Waals surface area (Å²) in [5.41, 5.74) is 1.94. The molecule has 7 nitrogen and oxygen atoms in total. The fourth-order valence-corrected chi connectivity index (χ4v) is 2.61. The third-order valence-corrected chi connectivity index (χ3v) is 3.96. The molecule has 2 heterocycles. The van der Waals surface area contributed by atoms with E-state index in [2.05, 4.69) is 10.3 Å². The maximum atomic E-state index is 9.32. The number of ether oxygens (including phenoxy) is 3. The van der Waals surface area contributed by atoms with Crippen LogP contribution in [0.25, 0.3) is 11.5 Å². The molecule has 0 amide bonds. The summed E-state index contributed by atoms with van der Waals surface area (Å²) in [7, 11) is 1.60. The van der Waals surface area contributed by atoms with Crippen molar-refractivity contribution in [2.45, 2.75) is 6.54 Å². The fraction of sp³-hybridized carbons (Fsp3) is 0.158. The van der Waals surface area contributed by atoms with Crippen LogP contribution in [-0.2, 0) is 6.54 Å². The monoisotopic (exact) mass is 349 g/mol. The van der Waals surface area contributed by atoms with E-state index in [9.17, 15) is 5.26 Å². The van der Waals surface area contributed by atoms with Gasteiger partial charge in [-0.15, -0.1) is 0 Å². The largest absolute Gasteiger partial charge is 0.497 e. The van der Waals surface area contributed by atoms with Crippen LogP contribution >= 0.6 is 0 Å². The van der Waals surface area contributed by atoms with E-state index in [0.29, 0.717) is 24.1 Å². The molecule has 0 radical (unpaired) electrons. The summed E-state index contributed by atoms with van der Waals surface area (Å²) < 4.78 is 21.5. The molecule has 1 aliphatic heterocycles. The molecular formula is C19H15N3O4. The molecule has 1 aromatic heterocycles. The van der Waals surface area contributed by atoms with Crippen molar-refractivity contribution < 1.29 is 18.6 Å². The third kappa shape index (κ3) is 3.00. The normalized spacial score (nSPS) is 11.8. The quantitative estimate of drug-likeness (QED) is 0.753. The number of fused-ring (bicyclic) bond motifs is 1. The highest BCUT2D eigenvalue weighted by Crippen LogP contribution is 2.33. The van der Waals surface area contributed by atoms with Crippen molar-refractivity contribution in [3.8, 4) is 34.8 Å². The molecule has 4 rings (SSSR count). The number of nitrogens with one attached hydrogen (secondary N) is 1. The number of anilines is 1. The Kier molecular flexibility index (Phi) is 4.07. The van der Waals surface area contributed by atoms with Crippen molar-refractivity contribution in [3.05, 3.63) is 53.7 Å². The molecular weight excluding hydrogens is 334 g/mol. The van der Waals surface area contributed by atoms with Crippen molar-refractivity contribution in [3.63, 3.8) is 0 Å². The number of nitrogens with zero attached hydrogens (tertiary/aromatic N) is 2. The lowest BCUT2D eigenvalue weighted by Crippen LogP contribution is -1.99. The van der Waals surface area contributed by atoms with Crippen LogP contribution in [-0.4, -0.2) is 18.9 Å². The number of hydrogen-bond acceptors (Lipinski definition) is 7. The van der Waals surface area contributed by atoms with Crippen LogP contribution in [0.15, 0.2) is 46.9 Å². The van der Waals surface area contributed by atoms with Crippen molar-refractivity contribution >= 4 is 5.88 Å². The van der Waals surface area contributed by atoms with Crippen LogP contribution in [0.5, 0.6) is 17.2 Å². The van der Waals surface area contributed by atoms with Gasteiger partial charge in [-0.05, 0) is 42.0 Å². The Labute approximate surface area is 149 Å². The van der Waals surface area contributed by atoms with Crippen LogP contribution in [0.4, 0.5) is 5.88 Å². The predicted octanol–water partition coefficient (Wildman–Crippen LogP) is 3.56. The smallest absolute Gasteiger partial charge is 0.232 e. The summed E-state index contributed by atoms with van der Waals surface area (Å²) in [6.07, 6.45) is 0. The van der Waals surface area contributed by atoms with Crippen LogP contribution in [0, 0.1) is 11.3 Å². The Balaban J connectivity index is 1.53. The summed E-state index contributed by atoms with van der Waals surface area (Å²) in [6.45, 7) is 0.695. The third-order valence-electron chi connectivity index (χ3n) is 3.96. The first kappa shape index (κ1) is 15.8. The van der Waals surface area contributed by atoms with Gasteiger partial charge in [0.1, 0.15) is 11.8 Å². The lowest BCUT2D eigenvalue weighted by molar-refractivity contribution is 0.174. The van der Waals surface area contributed by atoms with Crippen LogP contribution in [0.1, 0.15) is 11.3 Å². The molecule has 0 spiro atoms. The highest BCUT2D eigenvalue weighted by Gasteiger charge is 2.16. The van der Waals surface area contributed by atoms with Gasteiger partial charge in [-0.1, -0.05) is 6.07 Å². The highest BCUT2D eigenvalue weighted by molar-refractivity contribution is 5.59. The second kappa shape index (κ2) is 6.69. The zero-order valence-electron chi connectivity index (χ0n) is 14.0. The van der Waals surface area contributed by atoms with Crippen LogP contribution in [0.2, 0.25) is 0 Å². The summed E-state index contributed by atoms with van der Waals surface area (Å²) in [4.78, 5) is 4.25. The standard InChI is InChI=1S/C19H15N3O4/c1-23-14-5-3-13(4-6-14)18-22-15(9-20)19(26-18)21-10-12-2-7-16-17(8-12)25-11-24-16/h2-8,21H,10-11H2,1H3. The second-order valence-electron chi connectivity index (χ2n) is 5.58. The average molecular weight is 349 g/mol. The molecule has 0 fully saturated rings. The maximum Gasteiger partial charge on any atom is 0.232 e. The van der Waals surface area contributed by atoms with Gasteiger partial charge in [0.15, 0.2) is 11.5 Å². The lowest BCUT2D eigenvalue weighted by atomic mass is 10.2. The summed E-state index contributed by atoms with van der Waals surface area (Å²) in [5, 5.41) is 12.4. The number of methoxy groups -OCH3 is 1. The fourth-order valence-electron chi connectivity index (χ4n) is 2.61. The van der Waals surface area contributed by atoms with Crippen LogP contribution < -0.4 is 19.5 Å². The first-order chi connectivity index (χ1) is 12.8. The van der Waals surface area contributed by atoms with Gasteiger partial charge in [0.05, 0.1) is 7.11 Å². The number of oxazole rings is 1. The molecule has 7 heteroatoms. The SMILES string of the molecule is COc1ccc(-c2nc(C#N)c(NCc3ccc4c(c3)OCO4)o2)cc1. The minimum atomic E-state index is 0.205. The molecule has 3 aromatic rings. The van der Waals surface area contributed by atoms with Gasteiger partial charge in [-0.2, -0.15) is 10.2 Å². The van der Waals surface area contributed by atoms with E-state index in [-0.39, 0.29) is 12.5 Å². The molecule has 0 atom stereocenters. The van der Waals surface area contributed by atoms with E-state index in [4.69, 9.17) is 18.6 Å². The number of benzene rings is 2. The first-order valence-corrected chi connectivity index (χ1v) is 7.94. The minimum Gasteiger partial charge on any atom is -0.497 e.